The summed E-state index contributed by atoms with van der Waals surface area (Å²) in [4.78, 5) is 0. The molecule has 0 bridgehead atoms. The van der Waals surface area contributed by atoms with Gasteiger partial charge in [0.05, 0.1) is 0 Å². The van der Waals surface area contributed by atoms with Crippen molar-refractivity contribution in [1.29, 1.82) is 0 Å². The van der Waals surface area contributed by atoms with Crippen LogP contribution in [0.4, 0.5) is 0 Å². The van der Waals surface area contributed by atoms with Gasteiger partial charge in [0.25, 0.3) is 0 Å². The Morgan fingerprint density at radius 1 is 1.38 bits per heavy atom. The molecule has 1 rings (SSSR count). The summed E-state index contributed by atoms with van der Waals surface area (Å²) in [5.41, 5.74) is 1.30. The quantitative estimate of drug-likeness (QED) is 0.864. The number of hydrogen-bond acceptors (Lipinski definition) is 2. The predicted octanol–water partition coefficient (Wildman–Crippen LogP) is 3.52. The van der Waals surface area contributed by atoms with Crippen LogP contribution < -0.4 is 5.32 Å². The van der Waals surface area contributed by atoms with Crippen LogP contribution in [0, 0.1) is 0 Å². The lowest BCUT2D eigenvalue weighted by Gasteiger charge is -2.20. The molecule has 3 heteroatoms. The van der Waals surface area contributed by atoms with Crippen molar-refractivity contribution in [3.63, 3.8) is 0 Å². The average molecular weight is 286 g/mol. The number of benzene rings is 1. The highest BCUT2D eigenvalue weighted by Crippen LogP contribution is 2.18. The van der Waals surface area contributed by atoms with E-state index in [1.54, 1.807) is 7.11 Å². The number of rotatable bonds is 6. The Hall–Kier alpha value is -0.380. The van der Waals surface area contributed by atoms with Gasteiger partial charge in [0, 0.05) is 30.3 Å². The normalized spacial score (nSPS) is 14.8. The van der Waals surface area contributed by atoms with Crippen molar-refractivity contribution < 1.29 is 4.74 Å². The van der Waals surface area contributed by atoms with Crippen LogP contribution in [-0.4, -0.2) is 19.8 Å². The van der Waals surface area contributed by atoms with Gasteiger partial charge >= 0.3 is 0 Å². The Balaban J connectivity index is 2.48. The second-order valence-corrected chi connectivity index (χ2v) is 5.04. The molecule has 2 atom stereocenters. The lowest BCUT2D eigenvalue weighted by Crippen LogP contribution is -2.29. The molecule has 0 heterocycles. The van der Waals surface area contributed by atoms with Crippen molar-refractivity contribution in [2.75, 3.05) is 13.7 Å². The van der Waals surface area contributed by atoms with Gasteiger partial charge in [0.2, 0.25) is 0 Å². The van der Waals surface area contributed by atoms with E-state index < -0.39 is 0 Å². The summed E-state index contributed by atoms with van der Waals surface area (Å²) in [6, 6.07) is 9.24. The van der Waals surface area contributed by atoms with Gasteiger partial charge in [-0.25, -0.2) is 0 Å². The lowest BCUT2D eigenvalue weighted by molar-refractivity contribution is 0.183. The maximum absolute atomic E-state index is 5.07. The molecule has 1 aromatic rings. The molecule has 1 aromatic carbocycles. The highest BCUT2D eigenvalue weighted by Gasteiger charge is 2.09. The topological polar surface area (TPSA) is 21.3 Å². The molecule has 0 aliphatic carbocycles. The zero-order valence-electron chi connectivity index (χ0n) is 10.2. The minimum absolute atomic E-state index is 0.365. The maximum Gasteiger partial charge on any atom is 0.0476 e. The van der Waals surface area contributed by atoms with Gasteiger partial charge < -0.3 is 10.1 Å². The van der Waals surface area contributed by atoms with Crippen LogP contribution in [0.1, 0.15) is 31.9 Å². The second kappa shape index (κ2) is 7.05. The molecular formula is C13H20BrNO. The van der Waals surface area contributed by atoms with E-state index in [4.69, 9.17) is 4.74 Å². The largest absolute Gasteiger partial charge is 0.385 e. The highest BCUT2D eigenvalue weighted by molar-refractivity contribution is 9.10. The smallest absolute Gasteiger partial charge is 0.0476 e. The summed E-state index contributed by atoms with van der Waals surface area (Å²) in [5.74, 6) is 0. The summed E-state index contributed by atoms with van der Waals surface area (Å²) in [6.07, 6.45) is 1.04. The lowest BCUT2D eigenvalue weighted by atomic mass is 10.1. The van der Waals surface area contributed by atoms with E-state index in [2.05, 4.69) is 53.3 Å². The van der Waals surface area contributed by atoms with E-state index in [-0.39, 0.29) is 0 Å². The first kappa shape index (κ1) is 13.7. The van der Waals surface area contributed by atoms with Crippen LogP contribution in [0.2, 0.25) is 0 Å². The van der Waals surface area contributed by atoms with E-state index in [0.29, 0.717) is 12.1 Å². The van der Waals surface area contributed by atoms with Crippen molar-refractivity contribution in [1.82, 2.24) is 5.32 Å². The molecule has 1 N–H and O–H groups in total. The standard InChI is InChI=1S/C13H20BrNO/c1-10(7-8-16-3)15-11(2)12-5-4-6-13(14)9-12/h4-6,9-11,15H,7-8H2,1-3H3. The van der Waals surface area contributed by atoms with Crippen molar-refractivity contribution in [2.24, 2.45) is 0 Å². The Labute approximate surface area is 107 Å². The molecule has 90 valence electrons. The van der Waals surface area contributed by atoms with Crippen LogP contribution in [-0.2, 0) is 4.74 Å². The van der Waals surface area contributed by atoms with Gasteiger partial charge in [-0.3, -0.25) is 0 Å². The molecular weight excluding hydrogens is 266 g/mol. The fraction of sp³-hybridized carbons (Fsp3) is 0.538. The van der Waals surface area contributed by atoms with E-state index in [1.807, 2.05) is 6.07 Å². The first-order chi connectivity index (χ1) is 7.63. The number of ether oxygens (including phenoxy) is 1. The molecule has 16 heavy (non-hydrogen) atoms. The summed E-state index contributed by atoms with van der Waals surface area (Å²) in [6.45, 7) is 5.18. The SMILES string of the molecule is COCCC(C)NC(C)c1cccc(Br)c1. The predicted molar refractivity (Wildman–Crippen MR) is 71.6 cm³/mol. The molecule has 2 unspecified atom stereocenters. The molecule has 0 radical (unpaired) electrons. The van der Waals surface area contributed by atoms with Crippen LogP contribution in [0.15, 0.2) is 28.7 Å². The van der Waals surface area contributed by atoms with Crippen molar-refractivity contribution in [3.8, 4) is 0 Å². The summed E-state index contributed by atoms with van der Waals surface area (Å²) < 4.78 is 6.20. The van der Waals surface area contributed by atoms with E-state index in [0.717, 1.165) is 17.5 Å². The number of halogens is 1. The zero-order chi connectivity index (χ0) is 12.0. The van der Waals surface area contributed by atoms with Crippen LogP contribution in [0.25, 0.3) is 0 Å². The molecule has 0 saturated carbocycles. The number of nitrogens with one attached hydrogen (secondary N) is 1. The number of hydrogen-bond donors (Lipinski definition) is 1. The van der Waals surface area contributed by atoms with Crippen molar-refractivity contribution >= 4 is 15.9 Å². The van der Waals surface area contributed by atoms with Gasteiger partial charge in [0.15, 0.2) is 0 Å². The van der Waals surface area contributed by atoms with Gasteiger partial charge in [-0.05, 0) is 38.0 Å². The van der Waals surface area contributed by atoms with Crippen LogP contribution in [0.3, 0.4) is 0 Å². The minimum Gasteiger partial charge on any atom is -0.385 e. The summed E-state index contributed by atoms with van der Waals surface area (Å²) >= 11 is 3.49. The first-order valence-corrected chi connectivity index (χ1v) is 6.43. The highest BCUT2D eigenvalue weighted by atomic mass is 79.9. The Bertz CT molecular complexity index is 317. The summed E-state index contributed by atoms with van der Waals surface area (Å²) in [7, 11) is 1.74. The molecule has 0 spiro atoms. The number of methoxy groups -OCH3 is 1. The Morgan fingerprint density at radius 3 is 2.75 bits per heavy atom. The third-order valence-corrected chi connectivity index (χ3v) is 3.13. The molecule has 2 nitrogen and oxygen atoms in total. The van der Waals surface area contributed by atoms with Gasteiger partial charge in [0.1, 0.15) is 0 Å². The van der Waals surface area contributed by atoms with Crippen molar-refractivity contribution in [2.45, 2.75) is 32.4 Å². The fourth-order valence-electron chi connectivity index (χ4n) is 1.68. The first-order valence-electron chi connectivity index (χ1n) is 5.64. The van der Waals surface area contributed by atoms with E-state index in [9.17, 15) is 0 Å². The minimum atomic E-state index is 0.365. The summed E-state index contributed by atoms with van der Waals surface area (Å²) in [5, 5.41) is 3.56. The van der Waals surface area contributed by atoms with Crippen LogP contribution in [0.5, 0.6) is 0 Å². The monoisotopic (exact) mass is 285 g/mol. The van der Waals surface area contributed by atoms with Crippen LogP contribution >= 0.6 is 15.9 Å². The molecule has 0 aliphatic heterocycles. The van der Waals surface area contributed by atoms with Crippen molar-refractivity contribution in [3.05, 3.63) is 34.3 Å². The van der Waals surface area contributed by atoms with Gasteiger partial charge in [-0.2, -0.15) is 0 Å². The third kappa shape index (κ3) is 4.64. The van der Waals surface area contributed by atoms with E-state index in [1.165, 1.54) is 5.56 Å². The van der Waals surface area contributed by atoms with Gasteiger partial charge in [-0.1, -0.05) is 28.1 Å². The zero-order valence-corrected chi connectivity index (χ0v) is 11.8. The molecule has 0 aliphatic rings. The second-order valence-electron chi connectivity index (χ2n) is 4.13. The van der Waals surface area contributed by atoms with E-state index >= 15 is 0 Å². The average Bonchev–Trinajstić information content (AvgIpc) is 2.26. The Morgan fingerprint density at radius 2 is 2.12 bits per heavy atom. The molecule has 0 aromatic heterocycles. The van der Waals surface area contributed by atoms with Gasteiger partial charge in [-0.15, -0.1) is 0 Å². The third-order valence-electron chi connectivity index (χ3n) is 2.64. The maximum atomic E-state index is 5.07. The Kier molecular flexibility index (Phi) is 6.03. The molecule has 0 amide bonds. The molecule has 0 saturated heterocycles. The molecule has 0 fully saturated rings. The fourth-order valence-corrected chi connectivity index (χ4v) is 2.09.